The number of furan rings is 1. The van der Waals surface area contributed by atoms with Crippen molar-refractivity contribution in [2.24, 2.45) is 0 Å². The third kappa shape index (κ3) is 3.03. The number of carbonyl (C=O) groups is 1. The first-order valence-electron chi connectivity index (χ1n) is 7.71. The van der Waals surface area contributed by atoms with Gasteiger partial charge in [0.05, 0.1) is 0 Å². The molecule has 2 aromatic heterocycles. The fourth-order valence-corrected chi connectivity index (χ4v) is 2.49. The van der Waals surface area contributed by atoms with Gasteiger partial charge in [-0.25, -0.2) is 0 Å². The summed E-state index contributed by atoms with van der Waals surface area (Å²) < 4.78 is 16.3. The minimum Gasteiger partial charge on any atom is -0.450 e. The zero-order chi connectivity index (χ0) is 17.1. The number of carbonyl (C=O) groups excluding carboxylic acids is 1. The lowest BCUT2D eigenvalue weighted by atomic mass is 10.1. The van der Waals surface area contributed by atoms with Gasteiger partial charge in [-0.3, -0.25) is 4.79 Å². The summed E-state index contributed by atoms with van der Waals surface area (Å²) in [6, 6.07) is 5.92. The van der Waals surface area contributed by atoms with E-state index in [2.05, 4.69) is 15.5 Å². The van der Waals surface area contributed by atoms with E-state index in [0.29, 0.717) is 25.3 Å². The van der Waals surface area contributed by atoms with Crippen molar-refractivity contribution >= 4 is 16.9 Å². The van der Waals surface area contributed by atoms with Crippen molar-refractivity contribution in [3.05, 3.63) is 35.2 Å². The van der Waals surface area contributed by atoms with Crippen molar-refractivity contribution in [2.75, 3.05) is 20.3 Å². The molecule has 0 saturated heterocycles. The van der Waals surface area contributed by atoms with E-state index >= 15 is 0 Å². The number of ether oxygens (including phenoxy) is 1. The Morgan fingerprint density at radius 3 is 2.83 bits per heavy atom. The van der Waals surface area contributed by atoms with E-state index in [9.17, 15) is 4.79 Å². The number of methoxy groups -OCH3 is 1. The lowest BCUT2D eigenvalue weighted by molar-refractivity contribution is 0.0914. The molecule has 1 amide bonds. The monoisotopic (exact) mass is 329 g/mol. The van der Waals surface area contributed by atoms with Crippen LogP contribution in [0.4, 0.5) is 0 Å². The van der Waals surface area contributed by atoms with Crippen molar-refractivity contribution < 1.29 is 18.4 Å². The van der Waals surface area contributed by atoms with Crippen LogP contribution in [0.15, 0.2) is 27.0 Å². The van der Waals surface area contributed by atoms with E-state index in [-0.39, 0.29) is 11.8 Å². The molecular weight excluding hydrogens is 310 g/mol. The second-order valence-corrected chi connectivity index (χ2v) is 5.52. The Kier molecular flexibility index (Phi) is 4.61. The van der Waals surface area contributed by atoms with Crippen LogP contribution in [0.1, 0.15) is 28.2 Å². The van der Waals surface area contributed by atoms with E-state index in [1.165, 1.54) is 0 Å². The van der Waals surface area contributed by atoms with Crippen LogP contribution in [0.2, 0.25) is 0 Å². The number of amides is 1. The SMILES string of the molecule is COCCCNC(=O)c1nnc(-c2oc3c(C)cccc3c2C)o1. The maximum absolute atomic E-state index is 12.0. The van der Waals surface area contributed by atoms with Crippen molar-refractivity contribution in [3.63, 3.8) is 0 Å². The number of fused-ring (bicyclic) bond motifs is 1. The maximum Gasteiger partial charge on any atom is 0.308 e. The largest absolute Gasteiger partial charge is 0.450 e. The van der Waals surface area contributed by atoms with Crippen molar-refractivity contribution in [2.45, 2.75) is 20.3 Å². The summed E-state index contributed by atoms with van der Waals surface area (Å²) in [6.07, 6.45) is 0.713. The van der Waals surface area contributed by atoms with Crippen LogP contribution in [0, 0.1) is 13.8 Å². The Morgan fingerprint density at radius 2 is 2.08 bits per heavy atom. The number of rotatable bonds is 6. The van der Waals surface area contributed by atoms with Crippen molar-refractivity contribution in [3.8, 4) is 11.7 Å². The first-order valence-corrected chi connectivity index (χ1v) is 7.71. The molecule has 24 heavy (non-hydrogen) atoms. The first-order chi connectivity index (χ1) is 11.6. The smallest absolute Gasteiger partial charge is 0.308 e. The molecule has 0 atom stereocenters. The molecule has 1 aromatic carbocycles. The Labute approximate surface area is 139 Å². The predicted molar refractivity (Wildman–Crippen MR) is 87.8 cm³/mol. The van der Waals surface area contributed by atoms with Crippen LogP contribution in [0.25, 0.3) is 22.6 Å². The standard InChI is InChI=1S/C17H19N3O4/c1-10-6-4-7-12-11(2)14(23-13(10)12)16-19-20-17(24-16)15(21)18-8-5-9-22-3/h4,6-7H,5,8-9H2,1-3H3,(H,18,21). The van der Waals surface area contributed by atoms with E-state index < -0.39 is 5.91 Å². The number of hydrogen-bond acceptors (Lipinski definition) is 6. The third-order valence-electron chi connectivity index (χ3n) is 3.78. The third-order valence-corrected chi connectivity index (χ3v) is 3.78. The van der Waals surface area contributed by atoms with E-state index in [4.69, 9.17) is 13.6 Å². The highest BCUT2D eigenvalue weighted by Crippen LogP contribution is 2.33. The molecule has 0 aliphatic heterocycles. The summed E-state index contributed by atoms with van der Waals surface area (Å²) >= 11 is 0. The molecule has 0 radical (unpaired) electrons. The topological polar surface area (TPSA) is 90.4 Å². The van der Waals surface area contributed by atoms with Gasteiger partial charge >= 0.3 is 11.8 Å². The summed E-state index contributed by atoms with van der Waals surface area (Å²) in [5.74, 6) is 0.198. The Bertz CT molecular complexity index is 866. The number of benzene rings is 1. The average Bonchev–Trinajstić information content (AvgIpc) is 3.18. The van der Waals surface area contributed by atoms with Gasteiger partial charge in [0.1, 0.15) is 5.58 Å². The van der Waals surface area contributed by atoms with Crippen LogP contribution in [-0.2, 0) is 4.74 Å². The Morgan fingerprint density at radius 1 is 1.25 bits per heavy atom. The van der Waals surface area contributed by atoms with Gasteiger partial charge in [-0.05, 0) is 25.8 Å². The zero-order valence-electron chi connectivity index (χ0n) is 13.9. The van der Waals surface area contributed by atoms with Gasteiger partial charge in [0.2, 0.25) is 0 Å². The number of nitrogens with one attached hydrogen (secondary N) is 1. The number of hydrogen-bond donors (Lipinski definition) is 1. The molecule has 1 N–H and O–H groups in total. The second kappa shape index (κ2) is 6.84. The van der Waals surface area contributed by atoms with E-state index in [1.807, 2.05) is 32.0 Å². The lowest BCUT2D eigenvalue weighted by Gasteiger charge is -2.00. The van der Waals surface area contributed by atoms with Crippen LogP contribution < -0.4 is 5.32 Å². The van der Waals surface area contributed by atoms with Gasteiger partial charge in [-0.15, -0.1) is 10.2 Å². The zero-order valence-corrected chi connectivity index (χ0v) is 13.9. The molecule has 0 aliphatic rings. The van der Waals surface area contributed by atoms with Crippen LogP contribution in [0.5, 0.6) is 0 Å². The van der Waals surface area contributed by atoms with Gasteiger partial charge in [0.25, 0.3) is 5.89 Å². The maximum atomic E-state index is 12.0. The Balaban J connectivity index is 1.82. The number of para-hydroxylation sites is 1. The minimum absolute atomic E-state index is 0.0843. The fourth-order valence-electron chi connectivity index (χ4n) is 2.49. The number of aryl methyl sites for hydroxylation is 2. The molecule has 126 valence electrons. The van der Waals surface area contributed by atoms with E-state index in [0.717, 1.165) is 22.1 Å². The highest BCUT2D eigenvalue weighted by atomic mass is 16.5. The fraction of sp³-hybridized carbons (Fsp3) is 0.353. The molecule has 2 heterocycles. The minimum atomic E-state index is -0.408. The highest BCUT2D eigenvalue weighted by molar-refractivity contribution is 5.90. The van der Waals surface area contributed by atoms with Crippen molar-refractivity contribution in [1.82, 2.24) is 15.5 Å². The van der Waals surface area contributed by atoms with Gasteiger partial charge in [-0.2, -0.15) is 0 Å². The molecule has 3 rings (SSSR count). The summed E-state index contributed by atoms with van der Waals surface area (Å²) in [7, 11) is 1.61. The Hall–Kier alpha value is -2.67. The normalized spacial score (nSPS) is 11.1. The summed E-state index contributed by atoms with van der Waals surface area (Å²) in [6.45, 7) is 4.96. The summed E-state index contributed by atoms with van der Waals surface area (Å²) in [4.78, 5) is 12.0. The number of nitrogens with zero attached hydrogens (tertiary/aromatic N) is 2. The molecule has 0 fully saturated rings. The molecule has 0 bridgehead atoms. The van der Waals surface area contributed by atoms with Gasteiger partial charge in [-0.1, -0.05) is 18.2 Å². The first kappa shape index (κ1) is 16.2. The second-order valence-electron chi connectivity index (χ2n) is 5.52. The lowest BCUT2D eigenvalue weighted by Crippen LogP contribution is -2.25. The molecule has 0 spiro atoms. The molecule has 0 aliphatic carbocycles. The predicted octanol–water partition coefficient (Wildman–Crippen LogP) is 2.87. The highest BCUT2D eigenvalue weighted by Gasteiger charge is 2.21. The molecule has 7 nitrogen and oxygen atoms in total. The quantitative estimate of drug-likeness (QED) is 0.699. The van der Waals surface area contributed by atoms with Gasteiger partial charge in [0, 0.05) is 31.2 Å². The molecule has 3 aromatic rings. The summed E-state index contributed by atoms with van der Waals surface area (Å²) in [5.41, 5.74) is 2.72. The van der Waals surface area contributed by atoms with Gasteiger partial charge in [0.15, 0.2) is 5.76 Å². The molecule has 0 saturated carbocycles. The van der Waals surface area contributed by atoms with E-state index in [1.54, 1.807) is 7.11 Å². The van der Waals surface area contributed by atoms with Crippen LogP contribution in [-0.4, -0.2) is 36.4 Å². The molecule has 7 heteroatoms. The van der Waals surface area contributed by atoms with Gasteiger partial charge < -0.3 is 18.9 Å². The van der Waals surface area contributed by atoms with Crippen LogP contribution in [0.3, 0.4) is 0 Å². The average molecular weight is 329 g/mol. The summed E-state index contributed by atoms with van der Waals surface area (Å²) in [5, 5.41) is 11.4. The number of aromatic nitrogens is 2. The van der Waals surface area contributed by atoms with Crippen molar-refractivity contribution in [1.29, 1.82) is 0 Å². The van der Waals surface area contributed by atoms with Crippen LogP contribution >= 0.6 is 0 Å². The molecular formula is C17H19N3O4. The molecule has 0 unspecified atom stereocenters.